The largest absolute Gasteiger partial charge is 0.436 e. The summed E-state index contributed by atoms with van der Waals surface area (Å²) in [6.45, 7) is 6.72. The topological polar surface area (TPSA) is 78.7 Å². The monoisotopic (exact) mass is 432 g/mol. The number of rotatable bonds is 6. The average molecular weight is 433 g/mol. The molecule has 0 unspecified atom stereocenters. The summed E-state index contributed by atoms with van der Waals surface area (Å²) in [6.07, 6.45) is 1.69. The Morgan fingerprint density at radius 1 is 1.00 bits per heavy atom. The molecule has 0 bridgehead atoms. The Kier molecular flexibility index (Phi) is 6.66. The van der Waals surface area contributed by atoms with Crippen molar-refractivity contribution in [3.05, 3.63) is 66.4 Å². The number of hydrogen-bond donors (Lipinski definition) is 1. The molecule has 2 heterocycles. The van der Waals surface area contributed by atoms with Crippen molar-refractivity contribution in [1.29, 1.82) is 0 Å². The summed E-state index contributed by atoms with van der Waals surface area (Å²) in [5.74, 6) is 1.06. The number of piperazine rings is 1. The molecule has 3 aromatic rings. The molecule has 1 aliphatic heterocycles. The first kappa shape index (κ1) is 21.8. The minimum Gasteiger partial charge on any atom is -0.436 e. The predicted molar refractivity (Wildman–Crippen MR) is 123 cm³/mol. The van der Waals surface area contributed by atoms with E-state index in [0.29, 0.717) is 55.5 Å². The van der Waals surface area contributed by atoms with E-state index in [1.54, 1.807) is 6.20 Å². The van der Waals surface area contributed by atoms with Gasteiger partial charge in [-0.3, -0.25) is 14.5 Å². The number of hydrogen-bond acceptors (Lipinski definition) is 5. The highest BCUT2D eigenvalue weighted by Crippen LogP contribution is 2.29. The molecule has 0 aliphatic carbocycles. The molecular formula is C25H28N4O3. The maximum atomic E-state index is 13.3. The second-order valence-corrected chi connectivity index (χ2v) is 8.23. The lowest BCUT2D eigenvalue weighted by Crippen LogP contribution is -2.51. The first-order valence-electron chi connectivity index (χ1n) is 10.9. The Hall–Kier alpha value is -3.45. The van der Waals surface area contributed by atoms with Crippen LogP contribution in [0.4, 0.5) is 0 Å². The smallest absolute Gasteiger partial charge is 0.254 e. The molecule has 1 fully saturated rings. The van der Waals surface area contributed by atoms with E-state index in [4.69, 9.17) is 4.42 Å². The molecule has 1 aliphatic rings. The van der Waals surface area contributed by atoms with Crippen molar-refractivity contribution in [2.24, 2.45) is 0 Å². The van der Waals surface area contributed by atoms with E-state index < -0.39 is 0 Å². The van der Waals surface area contributed by atoms with Crippen LogP contribution in [-0.4, -0.2) is 65.4 Å². The summed E-state index contributed by atoms with van der Waals surface area (Å²) in [4.78, 5) is 33.7. The van der Waals surface area contributed by atoms with Gasteiger partial charge in [0, 0.05) is 43.3 Å². The van der Waals surface area contributed by atoms with Gasteiger partial charge in [-0.25, -0.2) is 4.98 Å². The first-order valence-corrected chi connectivity index (χ1v) is 10.9. The van der Waals surface area contributed by atoms with Crippen LogP contribution in [0.15, 0.2) is 65.2 Å². The van der Waals surface area contributed by atoms with E-state index in [0.717, 1.165) is 5.56 Å². The van der Waals surface area contributed by atoms with E-state index in [9.17, 15) is 9.59 Å². The lowest BCUT2D eigenvalue weighted by atomic mass is 10.1. The van der Waals surface area contributed by atoms with Gasteiger partial charge in [-0.1, -0.05) is 42.5 Å². The number of carbonyl (C=O) groups excluding carboxylic acids is 2. The highest BCUT2D eigenvalue weighted by molar-refractivity contribution is 6.00. The summed E-state index contributed by atoms with van der Waals surface area (Å²) in [5, 5.41) is 2.91. The van der Waals surface area contributed by atoms with E-state index in [1.807, 2.05) is 73.3 Å². The zero-order valence-electron chi connectivity index (χ0n) is 18.5. The second kappa shape index (κ2) is 9.78. The van der Waals surface area contributed by atoms with Crippen LogP contribution in [0.3, 0.4) is 0 Å². The third-order valence-electron chi connectivity index (χ3n) is 5.43. The van der Waals surface area contributed by atoms with Crippen molar-refractivity contribution in [2.45, 2.75) is 19.9 Å². The van der Waals surface area contributed by atoms with Gasteiger partial charge in [0.2, 0.25) is 11.8 Å². The quantitative estimate of drug-likeness (QED) is 0.647. The molecular weight excluding hydrogens is 404 g/mol. The standard InChI is InChI=1S/C25H28N4O3/c1-18(2)27-23(30)17-28-12-14-29(15-13-28)25(31)21-11-7-6-10-20(21)24-26-16-22(32-24)19-8-4-3-5-9-19/h3-11,16,18H,12-15,17H2,1-2H3,(H,27,30). The summed E-state index contributed by atoms with van der Waals surface area (Å²) >= 11 is 0. The average Bonchev–Trinajstić information content (AvgIpc) is 3.29. The maximum Gasteiger partial charge on any atom is 0.254 e. The molecule has 1 N–H and O–H groups in total. The summed E-state index contributed by atoms with van der Waals surface area (Å²) in [5.41, 5.74) is 2.19. The molecule has 0 spiro atoms. The number of benzene rings is 2. The van der Waals surface area contributed by atoms with Crippen molar-refractivity contribution in [3.8, 4) is 22.8 Å². The maximum absolute atomic E-state index is 13.3. The predicted octanol–water partition coefficient (Wildman–Crippen LogP) is 3.29. The van der Waals surface area contributed by atoms with Gasteiger partial charge in [-0.05, 0) is 26.0 Å². The van der Waals surface area contributed by atoms with Gasteiger partial charge in [0.05, 0.1) is 18.3 Å². The van der Waals surface area contributed by atoms with Crippen LogP contribution in [0.2, 0.25) is 0 Å². The van der Waals surface area contributed by atoms with Crippen LogP contribution in [0.5, 0.6) is 0 Å². The molecule has 166 valence electrons. The van der Waals surface area contributed by atoms with E-state index in [2.05, 4.69) is 15.2 Å². The molecule has 0 saturated carbocycles. The molecule has 4 rings (SSSR count). The second-order valence-electron chi connectivity index (χ2n) is 8.23. The zero-order valence-corrected chi connectivity index (χ0v) is 18.5. The van der Waals surface area contributed by atoms with Gasteiger partial charge in [0.25, 0.3) is 5.91 Å². The molecule has 2 aromatic carbocycles. The van der Waals surface area contributed by atoms with Gasteiger partial charge in [-0.2, -0.15) is 0 Å². The van der Waals surface area contributed by atoms with Crippen LogP contribution >= 0.6 is 0 Å². The number of nitrogens with zero attached hydrogens (tertiary/aromatic N) is 3. The van der Waals surface area contributed by atoms with Crippen LogP contribution in [0.25, 0.3) is 22.8 Å². The Labute approximate surface area is 188 Å². The SMILES string of the molecule is CC(C)NC(=O)CN1CCN(C(=O)c2ccccc2-c2ncc(-c3ccccc3)o2)CC1. The summed E-state index contributed by atoms with van der Waals surface area (Å²) in [6, 6.07) is 17.3. The number of nitrogens with one attached hydrogen (secondary N) is 1. The zero-order chi connectivity index (χ0) is 22.5. The lowest BCUT2D eigenvalue weighted by molar-refractivity contribution is -0.123. The number of amides is 2. The van der Waals surface area contributed by atoms with Crippen molar-refractivity contribution in [2.75, 3.05) is 32.7 Å². The molecule has 7 heteroatoms. The first-order chi connectivity index (χ1) is 15.5. The lowest BCUT2D eigenvalue weighted by Gasteiger charge is -2.34. The fraction of sp³-hybridized carbons (Fsp3) is 0.320. The van der Waals surface area contributed by atoms with Gasteiger partial charge in [0.1, 0.15) is 0 Å². The molecule has 7 nitrogen and oxygen atoms in total. The van der Waals surface area contributed by atoms with Crippen molar-refractivity contribution < 1.29 is 14.0 Å². The Balaban J connectivity index is 1.45. The fourth-order valence-corrected chi connectivity index (χ4v) is 3.84. The minimum absolute atomic E-state index is 0.0169. The summed E-state index contributed by atoms with van der Waals surface area (Å²) < 4.78 is 5.99. The third kappa shape index (κ3) is 5.06. The van der Waals surface area contributed by atoms with Crippen LogP contribution in [0.1, 0.15) is 24.2 Å². The van der Waals surface area contributed by atoms with Crippen molar-refractivity contribution >= 4 is 11.8 Å². The third-order valence-corrected chi connectivity index (χ3v) is 5.43. The van der Waals surface area contributed by atoms with E-state index >= 15 is 0 Å². The van der Waals surface area contributed by atoms with Crippen molar-refractivity contribution in [3.63, 3.8) is 0 Å². The molecule has 0 radical (unpaired) electrons. The summed E-state index contributed by atoms with van der Waals surface area (Å²) in [7, 11) is 0. The Bertz CT molecular complexity index is 1070. The Morgan fingerprint density at radius 2 is 1.69 bits per heavy atom. The number of aromatic nitrogens is 1. The molecule has 0 atom stereocenters. The van der Waals surface area contributed by atoms with Crippen LogP contribution in [-0.2, 0) is 4.79 Å². The highest BCUT2D eigenvalue weighted by atomic mass is 16.4. The fourth-order valence-electron chi connectivity index (χ4n) is 3.84. The van der Waals surface area contributed by atoms with Gasteiger partial charge in [-0.15, -0.1) is 0 Å². The number of oxazole rings is 1. The Morgan fingerprint density at radius 3 is 2.41 bits per heavy atom. The minimum atomic E-state index is -0.0497. The van der Waals surface area contributed by atoms with Gasteiger partial charge >= 0.3 is 0 Å². The van der Waals surface area contributed by atoms with Gasteiger partial charge in [0.15, 0.2) is 5.76 Å². The van der Waals surface area contributed by atoms with Gasteiger partial charge < -0.3 is 14.6 Å². The van der Waals surface area contributed by atoms with E-state index in [-0.39, 0.29) is 17.9 Å². The molecule has 1 aromatic heterocycles. The van der Waals surface area contributed by atoms with Crippen LogP contribution < -0.4 is 5.32 Å². The normalized spacial score (nSPS) is 14.5. The van der Waals surface area contributed by atoms with Crippen molar-refractivity contribution in [1.82, 2.24) is 20.1 Å². The molecule has 2 amide bonds. The molecule has 1 saturated heterocycles. The van der Waals surface area contributed by atoms with E-state index in [1.165, 1.54) is 0 Å². The molecule has 32 heavy (non-hydrogen) atoms. The highest BCUT2D eigenvalue weighted by Gasteiger charge is 2.26. The van der Waals surface area contributed by atoms with Crippen LogP contribution in [0, 0.1) is 0 Å². The number of carbonyl (C=O) groups is 2.